The molecule has 1 aliphatic rings. The van der Waals surface area contributed by atoms with E-state index in [2.05, 4.69) is 16.1 Å². The lowest BCUT2D eigenvalue weighted by molar-refractivity contribution is 0.476. The number of aromatic nitrogens is 3. The third-order valence-corrected chi connectivity index (χ3v) is 3.84. The fraction of sp³-hybridized carbons (Fsp3) is 0.250. The molecule has 0 bridgehead atoms. The molecule has 1 aliphatic carbocycles. The summed E-state index contributed by atoms with van der Waals surface area (Å²) in [6.07, 6.45) is 6.28. The highest BCUT2D eigenvalue weighted by molar-refractivity contribution is 5.87. The van der Waals surface area contributed by atoms with Gasteiger partial charge in [-0.05, 0) is 42.5 Å². The van der Waals surface area contributed by atoms with Crippen molar-refractivity contribution in [2.24, 2.45) is 7.05 Å². The highest BCUT2D eigenvalue weighted by atomic mass is 16.3. The first-order chi connectivity index (χ1) is 9.70. The van der Waals surface area contributed by atoms with Gasteiger partial charge in [0.2, 0.25) is 0 Å². The lowest BCUT2D eigenvalue weighted by Crippen LogP contribution is -1.91. The largest absolute Gasteiger partial charge is 0.508 e. The number of phenolic OH excluding ortho intramolecular Hbond substituents is 1. The number of pyridine rings is 1. The molecule has 0 unspecified atom stereocenters. The average Bonchev–Trinajstić information content (AvgIpc) is 3.19. The van der Waals surface area contributed by atoms with E-state index in [-0.39, 0.29) is 5.75 Å². The van der Waals surface area contributed by atoms with Gasteiger partial charge < -0.3 is 5.11 Å². The fourth-order valence-corrected chi connectivity index (χ4v) is 2.68. The van der Waals surface area contributed by atoms with E-state index in [4.69, 9.17) is 0 Å². The monoisotopic (exact) mass is 265 g/mol. The zero-order valence-corrected chi connectivity index (χ0v) is 11.2. The molecule has 1 aromatic carbocycles. The van der Waals surface area contributed by atoms with E-state index in [1.165, 1.54) is 18.4 Å². The van der Waals surface area contributed by atoms with Crippen LogP contribution in [0.3, 0.4) is 0 Å². The Kier molecular flexibility index (Phi) is 2.33. The van der Waals surface area contributed by atoms with Crippen molar-refractivity contribution in [2.75, 3.05) is 0 Å². The molecule has 0 amide bonds. The molecule has 20 heavy (non-hydrogen) atoms. The molecule has 100 valence electrons. The van der Waals surface area contributed by atoms with Gasteiger partial charge in [0.25, 0.3) is 0 Å². The molecule has 1 N–H and O–H groups in total. The van der Waals surface area contributed by atoms with Gasteiger partial charge in [-0.2, -0.15) is 5.10 Å². The Bertz CT molecular complexity index is 803. The van der Waals surface area contributed by atoms with Crippen LogP contribution in [0.2, 0.25) is 0 Å². The molecule has 0 atom stereocenters. The maximum absolute atomic E-state index is 9.68. The quantitative estimate of drug-likeness (QED) is 0.774. The van der Waals surface area contributed by atoms with Crippen LogP contribution >= 0.6 is 0 Å². The van der Waals surface area contributed by atoms with Gasteiger partial charge in [-0.25, -0.2) is 4.98 Å². The van der Waals surface area contributed by atoms with E-state index < -0.39 is 0 Å². The van der Waals surface area contributed by atoms with Gasteiger partial charge in [0.05, 0.1) is 17.4 Å². The fourth-order valence-electron chi connectivity index (χ4n) is 2.68. The lowest BCUT2D eigenvalue weighted by Gasteiger charge is -2.08. The molecule has 3 aromatic rings. The molecule has 0 saturated heterocycles. The van der Waals surface area contributed by atoms with Crippen LogP contribution in [0.15, 0.2) is 36.7 Å². The van der Waals surface area contributed by atoms with Gasteiger partial charge in [-0.1, -0.05) is 0 Å². The second-order valence-electron chi connectivity index (χ2n) is 5.48. The van der Waals surface area contributed by atoms with Crippen LogP contribution in [0.25, 0.3) is 22.2 Å². The van der Waals surface area contributed by atoms with E-state index >= 15 is 0 Å². The first kappa shape index (κ1) is 11.5. The Hall–Kier alpha value is -2.36. The minimum Gasteiger partial charge on any atom is -0.508 e. The smallest absolute Gasteiger partial charge is 0.117 e. The van der Waals surface area contributed by atoms with Crippen molar-refractivity contribution >= 4 is 10.9 Å². The summed E-state index contributed by atoms with van der Waals surface area (Å²) in [5.41, 5.74) is 4.14. The molecule has 4 heteroatoms. The third-order valence-electron chi connectivity index (χ3n) is 3.84. The van der Waals surface area contributed by atoms with Gasteiger partial charge in [-0.15, -0.1) is 0 Å². The van der Waals surface area contributed by atoms with E-state index in [0.717, 1.165) is 22.2 Å². The van der Waals surface area contributed by atoms with Crippen molar-refractivity contribution in [2.45, 2.75) is 18.8 Å². The molecule has 2 heterocycles. The molecule has 0 spiro atoms. The van der Waals surface area contributed by atoms with Crippen LogP contribution in [0.5, 0.6) is 5.75 Å². The standard InChI is InChI=1S/C16H15N3O/c1-19-9-11(8-17-19)15-7-14(10-2-3-10)13-5-4-12(20)6-16(13)18-15/h4-10,20H,2-3H2,1H3. The molecule has 4 rings (SSSR count). The molecular weight excluding hydrogens is 250 g/mol. The Morgan fingerprint density at radius 2 is 2.10 bits per heavy atom. The third kappa shape index (κ3) is 1.84. The first-order valence-corrected chi connectivity index (χ1v) is 6.83. The van der Waals surface area contributed by atoms with Crippen LogP contribution < -0.4 is 0 Å². The van der Waals surface area contributed by atoms with Gasteiger partial charge in [0, 0.05) is 30.3 Å². The maximum atomic E-state index is 9.68. The minimum absolute atomic E-state index is 0.259. The zero-order chi connectivity index (χ0) is 13.7. The van der Waals surface area contributed by atoms with E-state index in [1.54, 1.807) is 16.8 Å². The normalized spacial score (nSPS) is 14.8. The minimum atomic E-state index is 0.259. The molecule has 1 fully saturated rings. The summed E-state index contributed by atoms with van der Waals surface area (Å²) in [6.45, 7) is 0. The van der Waals surface area contributed by atoms with Gasteiger partial charge >= 0.3 is 0 Å². The number of aromatic hydroxyl groups is 1. The molecule has 0 radical (unpaired) electrons. The highest BCUT2D eigenvalue weighted by Crippen LogP contribution is 2.44. The number of benzene rings is 1. The van der Waals surface area contributed by atoms with Crippen molar-refractivity contribution in [3.63, 3.8) is 0 Å². The number of nitrogens with zero attached hydrogens (tertiary/aromatic N) is 3. The predicted molar refractivity (Wildman–Crippen MR) is 77.6 cm³/mol. The molecule has 0 aliphatic heterocycles. The Morgan fingerprint density at radius 3 is 2.80 bits per heavy atom. The summed E-state index contributed by atoms with van der Waals surface area (Å²) in [4.78, 5) is 4.68. The van der Waals surface area contributed by atoms with Gasteiger partial charge in [0.1, 0.15) is 5.75 Å². The van der Waals surface area contributed by atoms with Crippen LogP contribution in [0.4, 0.5) is 0 Å². The SMILES string of the molecule is Cn1cc(-c2cc(C3CC3)c3ccc(O)cc3n2)cn1. The Morgan fingerprint density at radius 1 is 1.25 bits per heavy atom. The maximum Gasteiger partial charge on any atom is 0.117 e. The second-order valence-corrected chi connectivity index (χ2v) is 5.48. The summed E-state index contributed by atoms with van der Waals surface area (Å²) in [5.74, 6) is 0.899. The van der Waals surface area contributed by atoms with Crippen molar-refractivity contribution in [3.8, 4) is 17.0 Å². The summed E-state index contributed by atoms with van der Waals surface area (Å²) < 4.78 is 1.78. The summed E-state index contributed by atoms with van der Waals surface area (Å²) in [7, 11) is 1.90. The Balaban J connectivity index is 1.98. The van der Waals surface area contributed by atoms with Crippen molar-refractivity contribution < 1.29 is 5.11 Å². The Labute approximate surface area is 116 Å². The van der Waals surface area contributed by atoms with E-state index in [0.29, 0.717) is 5.92 Å². The van der Waals surface area contributed by atoms with Crippen molar-refractivity contribution in [1.29, 1.82) is 0 Å². The molecule has 1 saturated carbocycles. The lowest BCUT2D eigenvalue weighted by atomic mass is 10.0. The summed E-state index contributed by atoms with van der Waals surface area (Å²) in [6, 6.07) is 7.62. The molecular formula is C16H15N3O. The first-order valence-electron chi connectivity index (χ1n) is 6.83. The van der Waals surface area contributed by atoms with Gasteiger partial charge in [0.15, 0.2) is 0 Å². The van der Waals surface area contributed by atoms with Crippen LogP contribution in [-0.2, 0) is 7.05 Å². The van der Waals surface area contributed by atoms with Gasteiger partial charge in [-0.3, -0.25) is 4.68 Å². The van der Waals surface area contributed by atoms with Crippen molar-refractivity contribution in [3.05, 3.63) is 42.2 Å². The number of fused-ring (bicyclic) bond motifs is 1. The number of hydrogen-bond donors (Lipinski definition) is 1. The second kappa shape index (κ2) is 4.07. The molecule has 2 aromatic heterocycles. The number of phenols is 1. The van der Waals surface area contributed by atoms with E-state index in [1.807, 2.05) is 25.5 Å². The summed E-state index contributed by atoms with van der Waals surface area (Å²) >= 11 is 0. The van der Waals surface area contributed by atoms with Crippen LogP contribution in [0, 0.1) is 0 Å². The number of aryl methyl sites for hydroxylation is 1. The predicted octanol–water partition coefficient (Wildman–Crippen LogP) is 3.22. The van der Waals surface area contributed by atoms with Crippen LogP contribution in [0.1, 0.15) is 24.3 Å². The number of rotatable bonds is 2. The zero-order valence-electron chi connectivity index (χ0n) is 11.2. The van der Waals surface area contributed by atoms with Crippen LogP contribution in [-0.4, -0.2) is 19.9 Å². The summed E-state index contributed by atoms with van der Waals surface area (Å²) in [5, 5.41) is 15.0. The average molecular weight is 265 g/mol. The molecule has 4 nitrogen and oxygen atoms in total. The highest BCUT2D eigenvalue weighted by Gasteiger charge is 2.26. The van der Waals surface area contributed by atoms with E-state index in [9.17, 15) is 5.11 Å². The number of hydrogen-bond acceptors (Lipinski definition) is 3. The topological polar surface area (TPSA) is 50.9 Å². The van der Waals surface area contributed by atoms with Crippen molar-refractivity contribution in [1.82, 2.24) is 14.8 Å².